The van der Waals surface area contributed by atoms with Gasteiger partial charge in [-0.1, -0.05) is 11.6 Å². The molecule has 0 unspecified atom stereocenters. The lowest BCUT2D eigenvalue weighted by Gasteiger charge is -2.12. The summed E-state index contributed by atoms with van der Waals surface area (Å²) < 4.78 is 3.65. The molecular formula is C14H14ClN5. The van der Waals surface area contributed by atoms with E-state index in [2.05, 4.69) is 15.5 Å². The molecule has 5 nitrogen and oxygen atoms in total. The smallest absolute Gasteiger partial charge is 0.0877 e. The highest BCUT2D eigenvalue weighted by Crippen LogP contribution is 2.24. The Morgan fingerprint density at radius 2 is 2.10 bits per heavy atom. The van der Waals surface area contributed by atoms with Gasteiger partial charge in [-0.3, -0.25) is 4.68 Å². The second-order valence-corrected chi connectivity index (χ2v) is 4.85. The number of rotatable bonds is 4. The van der Waals surface area contributed by atoms with Gasteiger partial charge >= 0.3 is 0 Å². The molecule has 0 saturated heterocycles. The first kappa shape index (κ1) is 12.7. The van der Waals surface area contributed by atoms with Crippen LogP contribution in [-0.4, -0.2) is 19.6 Å². The summed E-state index contributed by atoms with van der Waals surface area (Å²) in [5.74, 6) is 0. The predicted molar refractivity (Wildman–Crippen MR) is 79.1 cm³/mol. The van der Waals surface area contributed by atoms with Crippen LogP contribution in [0.15, 0.2) is 48.9 Å². The fraction of sp³-hybridized carbons (Fsp3) is 0.143. The Hall–Kier alpha value is -2.27. The van der Waals surface area contributed by atoms with Crippen molar-refractivity contribution < 1.29 is 0 Å². The molecule has 0 aliphatic carbocycles. The average molecular weight is 288 g/mol. The summed E-state index contributed by atoms with van der Waals surface area (Å²) in [5.41, 5.74) is 2.99. The number of anilines is 1. The van der Waals surface area contributed by atoms with Crippen molar-refractivity contribution >= 4 is 17.3 Å². The molecule has 2 heterocycles. The van der Waals surface area contributed by atoms with Crippen LogP contribution in [0.25, 0.3) is 5.69 Å². The largest absolute Gasteiger partial charge is 0.378 e. The van der Waals surface area contributed by atoms with Crippen LogP contribution in [0.3, 0.4) is 0 Å². The van der Waals surface area contributed by atoms with Gasteiger partial charge in [-0.15, -0.1) is 0 Å². The van der Waals surface area contributed by atoms with Crippen LogP contribution in [0.1, 0.15) is 5.69 Å². The van der Waals surface area contributed by atoms with Crippen molar-refractivity contribution in [3.63, 3.8) is 0 Å². The zero-order valence-corrected chi connectivity index (χ0v) is 11.7. The topological polar surface area (TPSA) is 47.7 Å². The zero-order valence-electron chi connectivity index (χ0n) is 11.0. The molecule has 0 fully saturated rings. The first-order valence-corrected chi connectivity index (χ1v) is 6.62. The molecule has 20 heavy (non-hydrogen) atoms. The van der Waals surface area contributed by atoms with Gasteiger partial charge in [-0.25, -0.2) is 4.68 Å². The van der Waals surface area contributed by atoms with Crippen molar-refractivity contribution in [2.75, 3.05) is 5.32 Å². The van der Waals surface area contributed by atoms with Gasteiger partial charge in [0.1, 0.15) is 0 Å². The number of hydrogen-bond acceptors (Lipinski definition) is 3. The van der Waals surface area contributed by atoms with E-state index in [-0.39, 0.29) is 0 Å². The lowest BCUT2D eigenvalue weighted by molar-refractivity contribution is 0.720. The number of aromatic nitrogens is 4. The van der Waals surface area contributed by atoms with E-state index in [9.17, 15) is 0 Å². The van der Waals surface area contributed by atoms with Crippen LogP contribution >= 0.6 is 11.6 Å². The van der Waals surface area contributed by atoms with Crippen molar-refractivity contribution in [2.24, 2.45) is 7.05 Å². The quantitative estimate of drug-likeness (QED) is 0.803. The van der Waals surface area contributed by atoms with Crippen molar-refractivity contribution in [3.05, 3.63) is 59.6 Å². The van der Waals surface area contributed by atoms with E-state index in [4.69, 9.17) is 11.6 Å². The van der Waals surface area contributed by atoms with Crippen LogP contribution < -0.4 is 5.32 Å². The molecule has 0 aliphatic rings. The zero-order chi connectivity index (χ0) is 13.9. The summed E-state index contributed by atoms with van der Waals surface area (Å²) in [7, 11) is 1.92. The lowest BCUT2D eigenvalue weighted by Crippen LogP contribution is -2.08. The third-order valence-electron chi connectivity index (χ3n) is 3.09. The second-order valence-electron chi connectivity index (χ2n) is 4.41. The van der Waals surface area contributed by atoms with Gasteiger partial charge in [-0.05, 0) is 30.3 Å². The standard InChI is InChI=1S/C14H14ClN5/c1-19-12(5-7-17-19)10-16-13-9-11(15)3-4-14(13)20-8-2-6-18-20/h2-9,16H,10H2,1H3. The van der Waals surface area contributed by atoms with E-state index in [1.807, 2.05) is 52.9 Å². The minimum Gasteiger partial charge on any atom is -0.378 e. The van der Waals surface area contributed by atoms with Crippen LogP contribution in [0.4, 0.5) is 5.69 Å². The van der Waals surface area contributed by atoms with Gasteiger partial charge in [-0.2, -0.15) is 10.2 Å². The Morgan fingerprint density at radius 1 is 1.20 bits per heavy atom. The predicted octanol–water partition coefficient (Wildman–Crippen LogP) is 2.87. The Kier molecular flexibility index (Phi) is 3.43. The maximum absolute atomic E-state index is 6.08. The SMILES string of the molecule is Cn1nccc1CNc1cc(Cl)ccc1-n1cccn1. The van der Waals surface area contributed by atoms with E-state index < -0.39 is 0 Å². The van der Waals surface area contributed by atoms with Crippen LogP contribution in [0, 0.1) is 0 Å². The van der Waals surface area contributed by atoms with Gasteiger partial charge < -0.3 is 5.32 Å². The molecule has 6 heteroatoms. The molecule has 0 aliphatic heterocycles. The third-order valence-corrected chi connectivity index (χ3v) is 3.33. The number of nitrogens with zero attached hydrogens (tertiary/aromatic N) is 4. The average Bonchev–Trinajstić information content (AvgIpc) is 3.08. The Balaban J connectivity index is 1.88. The molecule has 3 aromatic rings. The summed E-state index contributed by atoms with van der Waals surface area (Å²) in [5, 5.41) is 12.5. The van der Waals surface area contributed by atoms with E-state index in [0.29, 0.717) is 11.6 Å². The Labute approximate surface area is 121 Å². The molecule has 0 atom stereocenters. The van der Waals surface area contributed by atoms with Gasteiger partial charge in [0, 0.05) is 30.7 Å². The third kappa shape index (κ3) is 2.53. The molecule has 1 N–H and O–H groups in total. The number of hydrogen-bond donors (Lipinski definition) is 1. The molecule has 0 saturated carbocycles. The number of aryl methyl sites for hydroxylation is 1. The summed E-state index contributed by atoms with van der Waals surface area (Å²) >= 11 is 6.08. The maximum Gasteiger partial charge on any atom is 0.0877 e. The van der Waals surface area contributed by atoms with E-state index in [0.717, 1.165) is 17.1 Å². The van der Waals surface area contributed by atoms with Crippen molar-refractivity contribution in [1.82, 2.24) is 19.6 Å². The molecular weight excluding hydrogens is 274 g/mol. The Morgan fingerprint density at radius 3 is 2.80 bits per heavy atom. The Bertz CT molecular complexity index is 702. The number of halogens is 1. The van der Waals surface area contributed by atoms with Gasteiger partial charge in [0.05, 0.1) is 23.6 Å². The normalized spacial score (nSPS) is 10.7. The summed E-state index contributed by atoms with van der Waals surface area (Å²) in [4.78, 5) is 0. The first-order chi connectivity index (χ1) is 9.74. The summed E-state index contributed by atoms with van der Waals surface area (Å²) in [6.45, 7) is 0.672. The fourth-order valence-corrected chi connectivity index (χ4v) is 2.19. The molecule has 0 spiro atoms. The van der Waals surface area contributed by atoms with Crippen molar-refractivity contribution in [2.45, 2.75) is 6.54 Å². The highest BCUT2D eigenvalue weighted by molar-refractivity contribution is 6.31. The highest BCUT2D eigenvalue weighted by Gasteiger charge is 2.07. The lowest BCUT2D eigenvalue weighted by atomic mass is 10.2. The van der Waals surface area contributed by atoms with Crippen LogP contribution in [0.5, 0.6) is 0 Å². The summed E-state index contributed by atoms with van der Waals surface area (Å²) in [6.07, 6.45) is 5.43. The molecule has 0 radical (unpaired) electrons. The molecule has 0 bridgehead atoms. The molecule has 1 aromatic carbocycles. The van der Waals surface area contributed by atoms with Crippen LogP contribution in [0.2, 0.25) is 5.02 Å². The van der Waals surface area contributed by atoms with Crippen molar-refractivity contribution in [1.29, 1.82) is 0 Å². The van der Waals surface area contributed by atoms with E-state index in [1.54, 1.807) is 12.4 Å². The van der Waals surface area contributed by atoms with Gasteiger partial charge in [0.25, 0.3) is 0 Å². The molecule has 2 aromatic heterocycles. The number of nitrogens with one attached hydrogen (secondary N) is 1. The van der Waals surface area contributed by atoms with Crippen molar-refractivity contribution in [3.8, 4) is 5.69 Å². The van der Waals surface area contributed by atoms with E-state index in [1.165, 1.54) is 0 Å². The minimum absolute atomic E-state index is 0.672. The van der Waals surface area contributed by atoms with Gasteiger partial charge in [0.2, 0.25) is 0 Å². The second kappa shape index (κ2) is 5.38. The maximum atomic E-state index is 6.08. The fourth-order valence-electron chi connectivity index (χ4n) is 2.02. The molecule has 3 rings (SSSR count). The minimum atomic E-state index is 0.672. The first-order valence-electron chi connectivity index (χ1n) is 6.24. The van der Waals surface area contributed by atoms with Crippen LogP contribution in [-0.2, 0) is 13.6 Å². The summed E-state index contributed by atoms with van der Waals surface area (Å²) in [6, 6.07) is 9.56. The van der Waals surface area contributed by atoms with E-state index >= 15 is 0 Å². The molecule has 0 amide bonds. The monoisotopic (exact) mass is 287 g/mol. The molecule has 102 valence electrons. The van der Waals surface area contributed by atoms with Gasteiger partial charge in [0.15, 0.2) is 0 Å². The highest BCUT2D eigenvalue weighted by atomic mass is 35.5. The number of benzene rings is 1.